The van der Waals surface area contributed by atoms with Gasteiger partial charge in [0.05, 0.1) is 0 Å². The van der Waals surface area contributed by atoms with Crippen molar-refractivity contribution in [2.45, 2.75) is 38.3 Å². The van der Waals surface area contributed by atoms with Crippen LogP contribution in [0.5, 0.6) is 0 Å². The van der Waals surface area contributed by atoms with Crippen molar-refractivity contribution in [1.29, 1.82) is 0 Å². The predicted molar refractivity (Wildman–Crippen MR) is 54.2 cm³/mol. The highest BCUT2D eigenvalue weighted by atomic mass is 16.4. The van der Waals surface area contributed by atoms with Crippen LogP contribution in [0.15, 0.2) is 0 Å². The first kappa shape index (κ1) is 13.9. The van der Waals surface area contributed by atoms with Gasteiger partial charge in [0.1, 0.15) is 0 Å². The molecule has 6 nitrogen and oxygen atoms in total. The van der Waals surface area contributed by atoms with E-state index < -0.39 is 23.0 Å². The lowest BCUT2D eigenvalue weighted by molar-refractivity contribution is -0.156. The van der Waals surface area contributed by atoms with Gasteiger partial charge >= 0.3 is 5.97 Å². The molecule has 1 unspecified atom stereocenters. The lowest BCUT2D eigenvalue weighted by atomic mass is 9.98. The van der Waals surface area contributed by atoms with Gasteiger partial charge in [-0.1, -0.05) is 0 Å². The van der Waals surface area contributed by atoms with Crippen LogP contribution in [-0.2, 0) is 9.59 Å². The number of primary amides is 1. The Labute approximate surface area is 88.5 Å². The fourth-order valence-electron chi connectivity index (χ4n) is 0.985. The SMILES string of the molecule is CC(C)(CC(N)=O)NCC(C)(O)C(=O)O. The predicted octanol–water partition coefficient (Wildman–Crippen LogP) is -0.934. The number of nitrogens with two attached hydrogens (primary N) is 1. The zero-order valence-electron chi connectivity index (χ0n) is 9.20. The van der Waals surface area contributed by atoms with Crippen molar-refractivity contribution >= 4 is 11.9 Å². The summed E-state index contributed by atoms with van der Waals surface area (Å²) in [4.78, 5) is 21.3. The topological polar surface area (TPSA) is 113 Å². The molecule has 0 aliphatic rings. The number of nitrogens with one attached hydrogen (secondary N) is 1. The smallest absolute Gasteiger partial charge is 0.336 e. The Morgan fingerprint density at radius 2 is 1.80 bits per heavy atom. The van der Waals surface area contributed by atoms with Gasteiger partial charge in [-0.3, -0.25) is 4.79 Å². The number of carboxylic acids is 1. The van der Waals surface area contributed by atoms with E-state index in [4.69, 9.17) is 10.8 Å². The van der Waals surface area contributed by atoms with Crippen molar-refractivity contribution in [3.63, 3.8) is 0 Å². The number of aliphatic hydroxyl groups is 1. The van der Waals surface area contributed by atoms with Gasteiger partial charge in [0.2, 0.25) is 5.91 Å². The van der Waals surface area contributed by atoms with Gasteiger partial charge in [-0.15, -0.1) is 0 Å². The van der Waals surface area contributed by atoms with Crippen molar-refractivity contribution in [2.24, 2.45) is 5.73 Å². The number of carboxylic acid groups (broad SMARTS) is 1. The minimum atomic E-state index is -1.85. The zero-order valence-corrected chi connectivity index (χ0v) is 9.20. The van der Waals surface area contributed by atoms with Gasteiger partial charge in [-0.2, -0.15) is 0 Å². The highest BCUT2D eigenvalue weighted by Crippen LogP contribution is 2.10. The molecule has 0 rings (SSSR count). The number of β-amino-alcohol motifs (C(OH)–C–C–N with tert-alkyl or cyclic N) is 1. The molecule has 0 saturated heterocycles. The second kappa shape index (κ2) is 4.59. The summed E-state index contributed by atoms with van der Waals surface area (Å²) < 4.78 is 0. The zero-order chi connectivity index (χ0) is 12.3. The number of hydrogen-bond acceptors (Lipinski definition) is 4. The lowest BCUT2D eigenvalue weighted by Gasteiger charge is -2.28. The fraction of sp³-hybridized carbons (Fsp3) is 0.778. The molecule has 6 heteroatoms. The first-order valence-corrected chi connectivity index (χ1v) is 4.56. The van der Waals surface area contributed by atoms with Gasteiger partial charge in [0, 0.05) is 18.5 Å². The Kier molecular flexibility index (Phi) is 4.24. The number of aliphatic carboxylic acids is 1. The van der Waals surface area contributed by atoms with Crippen LogP contribution in [0.1, 0.15) is 27.2 Å². The Balaban J connectivity index is 4.25. The van der Waals surface area contributed by atoms with Crippen molar-refractivity contribution < 1.29 is 19.8 Å². The summed E-state index contributed by atoms with van der Waals surface area (Å²) in [6.45, 7) is 4.44. The monoisotopic (exact) mass is 218 g/mol. The molecule has 0 aromatic rings. The summed E-state index contributed by atoms with van der Waals surface area (Å²) in [6, 6.07) is 0. The molecule has 0 fully saturated rings. The van der Waals surface area contributed by atoms with Crippen LogP contribution >= 0.6 is 0 Å². The van der Waals surface area contributed by atoms with E-state index in [9.17, 15) is 14.7 Å². The van der Waals surface area contributed by atoms with Gasteiger partial charge in [0.25, 0.3) is 0 Å². The quantitative estimate of drug-likeness (QED) is 0.460. The summed E-state index contributed by atoms with van der Waals surface area (Å²) >= 11 is 0. The van der Waals surface area contributed by atoms with Crippen molar-refractivity contribution in [3.05, 3.63) is 0 Å². The molecule has 1 atom stereocenters. The molecule has 0 aromatic carbocycles. The maximum absolute atomic E-state index is 10.7. The highest BCUT2D eigenvalue weighted by Gasteiger charge is 2.32. The van der Waals surface area contributed by atoms with Crippen molar-refractivity contribution in [3.8, 4) is 0 Å². The number of hydrogen-bond donors (Lipinski definition) is 4. The Morgan fingerprint density at radius 1 is 1.33 bits per heavy atom. The van der Waals surface area contributed by atoms with E-state index in [0.29, 0.717) is 0 Å². The third kappa shape index (κ3) is 5.34. The van der Waals surface area contributed by atoms with Crippen molar-refractivity contribution in [2.75, 3.05) is 6.54 Å². The second-order valence-electron chi connectivity index (χ2n) is 4.46. The van der Waals surface area contributed by atoms with E-state index in [2.05, 4.69) is 5.32 Å². The Hall–Kier alpha value is -1.14. The van der Waals surface area contributed by atoms with Crippen LogP contribution in [0.3, 0.4) is 0 Å². The average molecular weight is 218 g/mol. The molecule has 0 radical (unpaired) electrons. The molecule has 0 saturated carbocycles. The second-order valence-corrected chi connectivity index (χ2v) is 4.46. The Morgan fingerprint density at radius 3 is 2.13 bits per heavy atom. The third-order valence-corrected chi connectivity index (χ3v) is 1.99. The van der Waals surface area contributed by atoms with E-state index >= 15 is 0 Å². The van der Waals surface area contributed by atoms with Gasteiger partial charge in [-0.25, -0.2) is 4.79 Å². The first-order valence-electron chi connectivity index (χ1n) is 4.56. The highest BCUT2D eigenvalue weighted by molar-refractivity contribution is 5.77. The average Bonchev–Trinajstić information content (AvgIpc) is 1.98. The number of rotatable bonds is 6. The molecule has 5 N–H and O–H groups in total. The maximum atomic E-state index is 10.7. The molecule has 15 heavy (non-hydrogen) atoms. The lowest BCUT2D eigenvalue weighted by Crippen LogP contribution is -2.52. The standard InChI is InChI=1S/C9H18N2O4/c1-8(2,4-6(10)12)11-5-9(3,15)7(13)14/h11,15H,4-5H2,1-3H3,(H2,10,12)(H,13,14). The number of carbonyl (C=O) groups excluding carboxylic acids is 1. The fourth-order valence-corrected chi connectivity index (χ4v) is 0.985. The van der Waals surface area contributed by atoms with Crippen LogP contribution in [-0.4, -0.2) is 39.8 Å². The van der Waals surface area contributed by atoms with E-state index in [1.807, 2.05) is 0 Å². The van der Waals surface area contributed by atoms with Gasteiger partial charge < -0.3 is 21.3 Å². The summed E-state index contributed by atoms with van der Waals surface area (Å²) in [6.07, 6.45) is 0.0721. The minimum absolute atomic E-state index is 0.0721. The number of amides is 1. The molecule has 0 aliphatic heterocycles. The van der Waals surface area contributed by atoms with Gasteiger partial charge in [-0.05, 0) is 20.8 Å². The molecule has 0 bridgehead atoms. The van der Waals surface area contributed by atoms with E-state index in [1.54, 1.807) is 13.8 Å². The molecule has 0 spiro atoms. The molecule has 0 aliphatic carbocycles. The van der Waals surface area contributed by atoms with E-state index in [-0.39, 0.29) is 13.0 Å². The third-order valence-electron chi connectivity index (χ3n) is 1.99. The van der Waals surface area contributed by atoms with Gasteiger partial charge in [0.15, 0.2) is 5.60 Å². The van der Waals surface area contributed by atoms with Crippen LogP contribution in [0, 0.1) is 0 Å². The van der Waals surface area contributed by atoms with E-state index in [1.165, 1.54) is 6.92 Å². The molecule has 1 amide bonds. The van der Waals surface area contributed by atoms with E-state index in [0.717, 1.165) is 0 Å². The molecular weight excluding hydrogens is 200 g/mol. The van der Waals surface area contributed by atoms with Crippen LogP contribution < -0.4 is 11.1 Å². The number of carbonyl (C=O) groups is 2. The maximum Gasteiger partial charge on any atom is 0.336 e. The summed E-state index contributed by atoms with van der Waals surface area (Å²) in [5, 5.41) is 20.8. The molecule has 88 valence electrons. The van der Waals surface area contributed by atoms with Crippen molar-refractivity contribution in [1.82, 2.24) is 5.32 Å². The normalized spacial score (nSPS) is 15.7. The Bertz CT molecular complexity index is 261. The van der Waals surface area contributed by atoms with Crippen LogP contribution in [0.4, 0.5) is 0 Å². The largest absolute Gasteiger partial charge is 0.479 e. The molecular formula is C9H18N2O4. The summed E-state index contributed by atoms with van der Waals surface area (Å²) in [5.41, 5.74) is 2.53. The molecule has 0 aromatic heterocycles. The summed E-state index contributed by atoms with van der Waals surface area (Å²) in [7, 11) is 0. The summed E-state index contributed by atoms with van der Waals surface area (Å²) in [5.74, 6) is -1.80. The molecule has 0 heterocycles. The van der Waals surface area contributed by atoms with Crippen LogP contribution in [0.25, 0.3) is 0 Å². The first-order chi connectivity index (χ1) is 6.57. The van der Waals surface area contributed by atoms with Crippen LogP contribution in [0.2, 0.25) is 0 Å². The minimum Gasteiger partial charge on any atom is -0.479 e.